The van der Waals surface area contributed by atoms with Gasteiger partial charge >= 0.3 is 0 Å². The fourth-order valence-corrected chi connectivity index (χ4v) is 1.13. The summed E-state index contributed by atoms with van der Waals surface area (Å²) in [7, 11) is 0. The third-order valence-corrected chi connectivity index (χ3v) is 2.13. The summed E-state index contributed by atoms with van der Waals surface area (Å²) >= 11 is 0. The molecule has 0 radical (unpaired) electrons. The lowest BCUT2D eigenvalue weighted by molar-refractivity contribution is 0.112. The molecule has 66 valence electrons. The highest BCUT2D eigenvalue weighted by atomic mass is 16.1. The van der Waals surface area contributed by atoms with Crippen molar-refractivity contribution < 1.29 is 4.79 Å². The van der Waals surface area contributed by atoms with Crippen LogP contribution in [0.2, 0.25) is 0 Å². The number of aldehydes is 1. The maximum Gasteiger partial charge on any atom is 0.151 e. The Balaban J connectivity index is 2.57. The van der Waals surface area contributed by atoms with E-state index in [0.717, 1.165) is 18.4 Å². The van der Waals surface area contributed by atoms with E-state index in [2.05, 4.69) is 18.4 Å². The van der Waals surface area contributed by atoms with E-state index < -0.39 is 0 Å². The Morgan fingerprint density at radius 2 is 2.42 bits per heavy atom. The summed E-state index contributed by atoms with van der Waals surface area (Å²) in [6.45, 7) is 5.39. The van der Waals surface area contributed by atoms with Crippen molar-refractivity contribution in [3.8, 4) is 0 Å². The summed E-state index contributed by atoms with van der Waals surface area (Å²) in [5.41, 5.74) is 0.762. The second-order valence-corrected chi connectivity index (χ2v) is 3.27. The molecule has 1 atom stereocenters. The molecule has 0 spiro atoms. The summed E-state index contributed by atoms with van der Waals surface area (Å²) in [4.78, 5) is 10.4. The Morgan fingerprint density at radius 1 is 1.67 bits per heavy atom. The van der Waals surface area contributed by atoms with Crippen LogP contribution in [0.5, 0.6) is 0 Å². The molecule has 2 heteroatoms. The number of aromatic nitrogens is 1. The minimum Gasteiger partial charge on any atom is -0.353 e. The van der Waals surface area contributed by atoms with Crippen molar-refractivity contribution in [3.63, 3.8) is 0 Å². The van der Waals surface area contributed by atoms with Crippen LogP contribution in [0.25, 0.3) is 0 Å². The van der Waals surface area contributed by atoms with Gasteiger partial charge in [0.15, 0.2) is 6.29 Å². The SMILES string of the molecule is CCC(C)Cn1ccc(C=O)c1. The van der Waals surface area contributed by atoms with Gasteiger partial charge in [0.05, 0.1) is 0 Å². The van der Waals surface area contributed by atoms with Gasteiger partial charge in [-0.2, -0.15) is 0 Å². The average Bonchev–Trinajstić information content (AvgIpc) is 2.52. The van der Waals surface area contributed by atoms with Crippen LogP contribution in [0.4, 0.5) is 0 Å². The molecule has 0 saturated heterocycles. The molecule has 1 aromatic rings. The van der Waals surface area contributed by atoms with E-state index in [1.54, 1.807) is 0 Å². The smallest absolute Gasteiger partial charge is 0.151 e. The molecule has 1 heterocycles. The standard InChI is InChI=1S/C10H15NO/c1-3-9(2)6-11-5-4-10(7-11)8-12/h4-5,7-9H,3,6H2,1-2H3. The number of rotatable bonds is 4. The van der Waals surface area contributed by atoms with Crippen LogP contribution in [-0.4, -0.2) is 10.9 Å². The normalized spacial score (nSPS) is 12.8. The van der Waals surface area contributed by atoms with Gasteiger partial charge in [-0.05, 0) is 12.0 Å². The lowest BCUT2D eigenvalue weighted by Crippen LogP contribution is -2.03. The van der Waals surface area contributed by atoms with E-state index >= 15 is 0 Å². The molecular formula is C10H15NO. The third-order valence-electron chi connectivity index (χ3n) is 2.13. The third kappa shape index (κ3) is 2.22. The van der Waals surface area contributed by atoms with Gasteiger partial charge in [0, 0.05) is 24.5 Å². The fourth-order valence-electron chi connectivity index (χ4n) is 1.13. The molecule has 12 heavy (non-hydrogen) atoms. The summed E-state index contributed by atoms with van der Waals surface area (Å²) in [5, 5.41) is 0. The lowest BCUT2D eigenvalue weighted by Gasteiger charge is -2.08. The quantitative estimate of drug-likeness (QED) is 0.628. The topological polar surface area (TPSA) is 22.0 Å². The van der Waals surface area contributed by atoms with Crippen LogP contribution in [0.15, 0.2) is 18.5 Å². The number of nitrogens with zero attached hydrogens (tertiary/aromatic N) is 1. The molecule has 0 aliphatic carbocycles. The van der Waals surface area contributed by atoms with Gasteiger partial charge in [-0.3, -0.25) is 4.79 Å². The van der Waals surface area contributed by atoms with Gasteiger partial charge in [0.25, 0.3) is 0 Å². The molecule has 1 aromatic heterocycles. The van der Waals surface area contributed by atoms with Gasteiger partial charge < -0.3 is 4.57 Å². The first kappa shape index (κ1) is 9.04. The monoisotopic (exact) mass is 165 g/mol. The lowest BCUT2D eigenvalue weighted by atomic mass is 10.1. The average molecular weight is 165 g/mol. The summed E-state index contributed by atoms with van der Waals surface area (Å²) < 4.78 is 2.07. The summed E-state index contributed by atoms with van der Waals surface area (Å²) in [6, 6.07) is 1.84. The molecule has 0 bridgehead atoms. The molecule has 0 amide bonds. The highest BCUT2D eigenvalue weighted by Gasteiger charge is 2.00. The number of carbonyl (C=O) groups is 1. The predicted octanol–water partition coefficient (Wildman–Crippen LogP) is 2.35. The second kappa shape index (κ2) is 4.10. The largest absolute Gasteiger partial charge is 0.353 e. The molecular weight excluding hydrogens is 150 g/mol. The van der Waals surface area contributed by atoms with Gasteiger partial charge in [0.1, 0.15) is 0 Å². The van der Waals surface area contributed by atoms with E-state index in [1.807, 2.05) is 18.5 Å². The first-order valence-corrected chi connectivity index (χ1v) is 4.37. The van der Waals surface area contributed by atoms with E-state index in [-0.39, 0.29) is 0 Å². The minimum absolute atomic E-state index is 0.678. The van der Waals surface area contributed by atoms with Gasteiger partial charge in [0.2, 0.25) is 0 Å². The maximum absolute atomic E-state index is 10.4. The zero-order valence-electron chi connectivity index (χ0n) is 7.66. The van der Waals surface area contributed by atoms with E-state index in [4.69, 9.17) is 0 Å². The maximum atomic E-state index is 10.4. The molecule has 0 fully saturated rings. The van der Waals surface area contributed by atoms with Crippen LogP contribution in [-0.2, 0) is 6.54 Å². The minimum atomic E-state index is 0.678. The Hall–Kier alpha value is -1.05. The predicted molar refractivity (Wildman–Crippen MR) is 49.3 cm³/mol. The van der Waals surface area contributed by atoms with E-state index in [9.17, 15) is 4.79 Å². The van der Waals surface area contributed by atoms with Gasteiger partial charge in [-0.1, -0.05) is 20.3 Å². The van der Waals surface area contributed by atoms with Crippen LogP contribution < -0.4 is 0 Å². The molecule has 0 saturated carbocycles. The van der Waals surface area contributed by atoms with Gasteiger partial charge in [-0.15, -0.1) is 0 Å². The van der Waals surface area contributed by atoms with E-state index in [0.29, 0.717) is 5.92 Å². The summed E-state index contributed by atoms with van der Waals surface area (Å²) in [5.74, 6) is 0.678. The van der Waals surface area contributed by atoms with Crippen molar-refractivity contribution in [2.75, 3.05) is 0 Å². The van der Waals surface area contributed by atoms with Crippen molar-refractivity contribution in [1.82, 2.24) is 4.57 Å². The zero-order valence-corrected chi connectivity index (χ0v) is 7.66. The van der Waals surface area contributed by atoms with Crippen molar-refractivity contribution in [2.24, 2.45) is 5.92 Å². The van der Waals surface area contributed by atoms with Crippen molar-refractivity contribution in [3.05, 3.63) is 24.0 Å². The molecule has 0 aliphatic rings. The Bertz CT molecular complexity index is 252. The zero-order chi connectivity index (χ0) is 8.97. The van der Waals surface area contributed by atoms with Crippen LogP contribution in [0.1, 0.15) is 30.6 Å². The molecule has 0 aromatic carbocycles. The van der Waals surface area contributed by atoms with Crippen molar-refractivity contribution in [1.29, 1.82) is 0 Å². The van der Waals surface area contributed by atoms with E-state index in [1.165, 1.54) is 6.42 Å². The number of hydrogen-bond acceptors (Lipinski definition) is 1. The van der Waals surface area contributed by atoms with Crippen LogP contribution >= 0.6 is 0 Å². The second-order valence-electron chi connectivity index (χ2n) is 3.27. The molecule has 1 rings (SSSR count). The Morgan fingerprint density at radius 3 is 2.92 bits per heavy atom. The van der Waals surface area contributed by atoms with Crippen LogP contribution in [0.3, 0.4) is 0 Å². The Kier molecular flexibility index (Phi) is 3.09. The number of hydrogen-bond donors (Lipinski definition) is 0. The summed E-state index contributed by atoms with van der Waals surface area (Å²) in [6.07, 6.45) is 5.90. The molecule has 1 unspecified atom stereocenters. The number of carbonyl (C=O) groups excluding carboxylic acids is 1. The molecule has 0 N–H and O–H groups in total. The fraction of sp³-hybridized carbons (Fsp3) is 0.500. The highest BCUT2D eigenvalue weighted by molar-refractivity contribution is 5.74. The Labute approximate surface area is 73.2 Å². The first-order valence-electron chi connectivity index (χ1n) is 4.37. The molecule has 0 aliphatic heterocycles. The van der Waals surface area contributed by atoms with Crippen LogP contribution in [0, 0.1) is 5.92 Å². The molecule has 2 nitrogen and oxygen atoms in total. The van der Waals surface area contributed by atoms with Crippen molar-refractivity contribution >= 4 is 6.29 Å². The first-order chi connectivity index (χ1) is 5.76. The van der Waals surface area contributed by atoms with Crippen molar-refractivity contribution in [2.45, 2.75) is 26.8 Å². The highest BCUT2D eigenvalue weighted by Crippen LogP contribution is 2.06. The van der Waals surface area contributed by atoms with Gasteiger partial charge in [-0.25, -0.2) is 0 Å².